The molecule has 3 heteroatoms. The number of alkyl halides is 1. The Kier molecular flexibility index (Phi) is 2.39. The molecule has 0 radical (unpaired) electrons. The van der Waals surface area contributed by atoms with Gasteiger partial charge in [-0.3, -0.25) is 0 Å². The minimum absolute atomic E-state index is 0.796. The number of hydrogen-bond acceptors (Lipinski definition) is 2. The molecule has 2 unspecified atom stereocenters. The average molecular weight is 266 g/mol. The van der Waals surface area contributed by atoms with Crippen molar-refractivity contribution in [3.8, 4) is 0 Å². The summed E-state index contributed by atoms with van der Waals surface area (Å²) in [6, 6.07) is 0.838. The molecule has 64 valence electrons. The molecule has 2 saturated heterocycles. The zero-order valence-corrected chi connectivity index (χ0v) is 9.04. The van der Waals surface area contributed by atoms with Crippen LogP contribution in [0.1, 0.15) is 6.92 Å². The van der Waals surface area contributed by atoms with Crippen LogP contribution in [0.3, 0.4) is 0 Å². The second-order valence-electron chi connectivity index (χ2n) is 3.77. The van der Waals surface area contributed by atoms with Gasteiger partial charge in [0.2, 0.25) is 0 Å². The molecule has 11 heavy (non-hydrogen) atoms. The number of hydrogen-bond donors (Lipinski definition) is 1. The van der Waals surface area contributed by atoms with Gasteiger partial charge < -0.3 is 10.2 Å². The molecule has 2 aliphatic heterocycles. The predicted octanol–water partition coefficient (Wildman–Crippen LogP) is 0.713. The molecule has 2 rings (SSSR count). The summed E-state index contributed by atoms with van der Waals surface area (Å²) in [6.07, 6.45) is 0. The van der Waals surface area contributed by atoms with E-state index < -0.39 is 0 Å². The van der Waals surface area contributed by atoms with Crippen molar-refractivity contribution in [1.82, 2.24) is 10.2 Å². The van der Waals surface area contributed by atoms with E-state index in [1.165, 1.54) is 26.2 Å². The van der Waals surface area contributed by atoms with Gasteiger partial charge in [-0.1, -0.05) is 29.5 Å². The lowest BCUT2D eigenvalue weighted by molar-refractivity contribution is 0.296. The van der Waals surface area contributed by atoms with Gasteiger partial charge in [0.25, 0.3) is 0 Å². The lowest BCUT2D eigenvalue weighted by Crippen LogP contribution is -2.51. The van der Waals surface area contributed by atoms with E-state index in [1.807, 2.05) is 0 Å². The van der Waals surface area contributed by atoms with Crippen LogP contribution in [-0.2, 0) is 0 Å². The van der Waals surface area contributed by atoms with Crippen LogP contribution in [0.5, 0.6) is 0 Å². The molecule has 0 bridgehead atoms. The van der Waals surface area contributed by atoms with Crippen molar-refractivity contribution < 1.29 is 0 Å². The molecule has 0 aliphatic carbocycles. The highest BCUT2D eigenvalue weighted by atomic mass is 127. The van der Waals surface area contributed by atoms with Crippen molar-refractivity contribution in [3.05, 3.63) is 0 Å². The number of fused-ring (bicyclic) bond motifs is 1. The highest BCUT2D eigenvalue weighted by Gasteiger charge is 2.38. The summed E-state index contributed by atoms with van der Waals surface area (Å²) in [5.41, 5.74) is 0. The van der Waals surface area contributed by atoms with E-state index in [-0.39, 0.29) is 0 Å². The number of nitrogens with zero attached hydrogens (tertiary/aromatic N) is 1. The summed E-state index contributed by atoms with van der Waals surface area (Å²) in [5, 5.41) is 3.47. The molecule has 0 amide bonds. The molecule has 2 fully saturated rings. The van der Waals surface area contributed by atoms with Gasteiger partial charge in [0.1, 0.15) is 0 Å². The maximum absolute atomic E-state index is 3.47. The molecule has 0 aromatic carbocycles. The van der Waals surface area contributed by atoms with Crippen molar-refractivity contribution in [3.63, 3.8) is 0 Å². The predicted molar refractivity (Wildman–Crippen MR) is 55.2 cm³/mol. The van der Waals surface area contributed by atoms with E-state index in [2.05, 4.69) is 39.7 Å². The third kappa shape index (κ3) is 1.70. The van der Waals surface area contributed by atoms with Gasteiger partial charge in [-0.25, -0.2) is 0 Å². The van der Waals surface area contributed by atoms with E-state index in [9.17, 15) is 0 Å². The van der Waals surface area contributed by atoms with Gasteiger partial charge in [0, 0.05) is 42.1 Å². The summed E-state index contributed by atoms with van der Waals surface area (Å²) in [7, 11) is 0. The molecule has 1 N–H and O–H groups in total. The summed E-state index contributed by atoms with van der Waals surface area (Å²) in [6.45, 7) is 7.45. The molecular formula is C8H15IN2. The Hall–Kier alpha value is 0.650. The minimum Gasteiger partial charge on any atom is -0.312 e. The van der Waals surface area contributed by atoms with Crippen molar-refractivity contribution in [2.24, 2.45) is 5.92 Å². The van der Waals surface area contributed by atoms with Crippen LogP contribution in [0.4, 0.5) is 0 Å². The molecule has 2 heterocycles. The summed E-state index contributed by atoms with van der Waals surface area (Å²) >= 11 is 2.50. The van der Waals surface area contributed by atoms with E-state index in [0.717, 1.165) is 15.9 Å². The van der Waals surface area contributed by atoms with Crippen LogP contribution < -0.4 is 5.32 Å². The van der Waals surface area contributed by atoms with E-state index >= 15 is 0 Å². The van der Waals surface area contributed by atoms with Crippen LogP contribution in [0, 0.1) is 5.92 Å². The van der Waals surface area contributed by atoms with Crippen LogP contribution in [0.2, 0.25) is 0 Å². The van der Waals surface area contributed by atoms with Crippen LogP contribution in [-0.4, -0.2) is 41.0 Å². The smallest absolute Gasteiger partial charge is 0.0247 e. The highest BCUT2D eigenvalue weighted by molar-refractivity contribution is 14.1. The molecule has 0 spiro atoms. The van der Waals surface area contributed by atoms with Crippen molar-refractivity contribution in [2.45, 2.75) is 16.9 Å². The average Bonchev–Trinajstić information content (AvgIpc) is 2.12. The zero-order chi connectivity index (χ0) is 7.84. The summed E-state index contributed by atoms with van der Waals surface area (Å²) in [5.74, 6) is 0.977. The van der Waals surface area contributed by atoms with E-state index in [1.54, 1.807) is 0 Å². The number of nitrogens with one attached hydrogen (secondary N) is 1. The van der Waals surface area contributed by atoms with Gasteiger partial charge in [0.05, 0.1) is 0 Å². The molecule has 2 nitrogen and oxygen atoms in total. The fourth-order valence-electron chi connectivity index (χ4n) is 2.05. The molecule has 0 aromatic rings. The van der Waals surface area contributed by atoms with Gasteiger partial charge in [-0.15, -0.1) is 0 Å². The van der Waals surface area contributed by atoms with Gasteiger partial charge in [-0.2, -0.15) is 0 Å². The molecule has 0 aromatic heterocycles. The summed E-state index contributed by atoms with van der Waals surface area (Å²) in [4.78, 5) is 2.59. The second kappa shape index (κ2) is 3.18. The number of likely N-dealkylation sites (tertiary alicyclic amines) is 1. The van der Waals surface area contributed by atoms with E-state index in [4.69, 9.17) is 0 Å². The maximum Gasteiger partial charge on any atom is 0.0247 e. The fraction of sp³-hybridized carbons (Fsp3) is 1.00. The van der Waals surface area contributed by atoms with Crippen molar-refractivity contribution in [2.75, 3.05) is 26.2 Å². The maximum atomic E-state index is 3.47. The Balaban J connectivity index is 1.80. The van der Waals surface area contributed by atoms with Crippen molar-refractivity contribution >= 4 is 22.6 Å². The van der Waals surface area contributed by atoms with E-state index in [0.29, 0.717) is 0 Å². The lowest BCUT2D eigenvalue weighted by Gasteiger charge is -2.30. The molecule has 0 saturated carbocycles. The van der Waals surface area contributed by atoms with Gasteiger partial charge in [-0.05, 0) is 0 Å². The monoisotopic (exact) mass is 266 g/mol. The van der Waals surface area contributed by atoms with Gasteiger partial charge in [0.15, 0.2) is 0 Å². The Morgan fingerprint density at radius 3 is 2.82 bits per heavy atom. The highest BCUT2D eigenvalue weighted by Crippen LogP contribution is 2.23. The molecule has 2 aliphatic rings. The second-order valence-corrected chi connectivity index (χ2v) is 5.90. The third-order valence-corrected chi connectivity index (χ3v) is 3.06. The first kappa shape index (κ1) is 8.26. The topological polar surface area (TPSA) is 15.3 Å². The molecular weight excluding hydrogens is 251 g/mol. The van der Waals surface area contributed by atoms with Crippen LogP contribution in [0.15, 0.2) is 0 Å². The van der Waals surface area contributed by atoms with Crippen LogP contribution >= 0.6 is 22.6 Å². The quantitative estimate of drug-likeness (QED) is 0.585. The fourth-order valence-corrected chi connectivity index (χ4v) is 2.60. The van der Waals surface area contributed by atoms with Gasteiger partial charge >= 0.3 is 0 Å². The Bertz CT molecular complexity index is 134. The first-order valence-corrected chi connectivity index (χ1v) is 5.60. The van der Waals surface area contributed by atoms with Crippen molar-refractivity contribution in [1.29, 1.82) is 0 Å². The standard InChI is InChI=1S/C8H15IN2/c1-6(9)3-11-4-7-2-10-8(7)5-11/h6-8,10H,2-5H2,1H3/t6-,7?,8?/m1/s1. The zero-order valence-electron chi connectivity index (χ0n) is 6.89. The normalized spacial score (nSPS) is 39.8. The molecule has 3 atom stereocenters. The number of rotatable bonds is 2. The lowest BCUT2D eigenvalue weighted by atomic mass is 9.96. The van der Waals surface area contributed by atoms with Crippen LogP contribution in [0.25, 0.3) is 0 Å². The minimum atomic E-state index is 0.796. The summed E-state index contributed by atoms with van der Waals surface area (Å²) < 4.78 is 0.796. The Morgan fingerprint density at radius 2 is 2.45 bits per heavy atom. The number of halogens is 1. The first-order valence-electron chi connectivity index (χ1n) is 4.35. The Morgan fingerprint density at radius 1 is 1.64 bits per heavy atom. The largest absolute Gasteiger partial charge is 0.312 e. The Labute approximate surface area is 81.9 Å². The SMILES string of the molecule is C[C@@H](I)CN1CC2CNC2C1. The third-order valence-electron chi connectivity index (χ3n) is 2.67. The first-order chi connectivity index (χ1) is 5.25.